The van der Waals surface area contributed by atoms with Crippen LogP contribution in [-0.4, -0.2) is 28.5 Å². The first-order valence-corrected chi connectivity index (χ1v) is 11.0. The smallest absolute Gasteiger partial charge is 0.338 e. The van der Waals surface area contributed by atoms with Crippen LogP contribution in [0, 0.1) is 22.7 Å². The van der Waals surface area contributed by atoms with Crippen molar-refractivity contribution in [3.05, 3.63) is 46.1 Å². The molecular formula is C23H24N4O3S. The summed E-state index contributed by atoms with van der Waals surface area (Å²) < 4.78 is 5.16. The Kier molecular flexibility index (Phi) is 5.54. The van der Waals surface area contributed by atoms with Crippen LogP contribution in [0.15, 0.2) is 24.5 Å². The summed E-state index contributed by atoms with van der Waals surface area (Å²) in [6.07, 6.45) is 4.34. The number of esters is 1. The Labute approximate surface area is 184 Å². The van der Waals surface area contributed by atoms with Gasteiger partial charge in [-0.25, -0.2) is 9.78 Å². The molecule has 1 unspecified atom stereocenters. The number of carbonyl (C=O) groups excluding carboxylic acids is 2. The van der Waals surface area contributed by atoms with Crippen molar-refractivity contribution in [3.63, 3.8) is 0 Å². The molecule has 0 fully saturated rings. The van der Waals surface area contributed by atoms with Gasteiger partial charge in [0, 0.05) is 4.88 Å². The number of ether oxygens (including phenoxy) is 1. The first-order chi connectivity index (χ1) is 14.8. The Balaban J connectivity index is 1.41. The van der Waals surface area contributed by atoms with Crippen LogP contribution < -0.4 is 5.32 Å². The number of nitriles is 1. The molecule has 1 atom stereocenters. The van der Waals surface area contributed by atoms with E-state index in [1.807, 2.05) is 0 Å². The highest BCUT2D eigenvalue weighted by Gasteiger charge is 2.32. The highest BCUT2D eigenvalue weighted by molar-refractivity contribution is 7.16. The molecule has 0 saturated carbocycles. The van der Waals surface area contributed by atoms with E-state index in [0.717, 1.165) is 35.9 Å². The molecule has 8 heteroatoms. The zero-order valence-corrected chi connectivity index (χ0v) is 18.6. The third-order valence-corrected chi connectivity index (χ3v) is 7.01. The Hall–Kier alpha value is -3.18. The molecule has 3 aromatic rings. The van der Waals surface area contributed by atoms with Crippen LogP contribution in [0.25, 0.3) is 11.0 Å². The van der Waals surface area contributed by atoms with Crippen molar-refractivity contribution >= 4 is 39.2 Å². The maximum atomic E-state index is 12.4. The Morgan fingerprint density at radius 3 is 2.94 bits per heavy atom. The quantitative estimate of drug-likeness (QED) is 0.588. The molecule has 2 N–H and O–H groups in total. The summed E-state index contributed by atoms with van der Waals surface area (Å²) >= 11 is 1.46. The number of aromatic amines is 1. The lowest BCUT2D eigenvalue weighted by molar-refractivity contribution is -0.119. The number of nitrogens with zero attached hydrogens (tertiary/aromatic N) is 2. The van der Waals surface area contributed by atoms with Crippen molar-refractivity contribution in [2.45, 2.75) is 40.0 Å². The van der Waals surface area contributed by atoms with E-state index >= 15 is 0 Å². The van der Waals surface area contributed by atoms with Gasteiger partial charge in [-0.1, -0.05) is 20.8 Å². The van der Waals surface area contributed by atoms with Crippen molar-refractivity contribution in [1.82, 2.24) is 9.97 Å². The van der Waals surface area contributed by atoms with Gasteiger partial charge in [-0.05, 0) is 54.4 Å². The maximum Gasteiger partial charge on any atom is 0.338 e. The normalized spacial score (nSPS) is 15.9. The molecule has 1 aliphatic carbocycles. The number of imidazole rings is 1. The van der Waals surface area contributed by atoms with Gasteiger partial charge in [0.05, 0.1) is 28.5 Å². The number of fused-ring (bicyclic) bond motifs is 2. The molecule has 0 bridgehead atoms. The number of carbonyl (C=O) groups is 2. The number of hydrogen-bond acceptors (Lipinski definition) is 6. The minimum atomic E-state index is -0.592. The minimum absolute atomic E-state index is 0.200. The highest BCUT2D eigenvalue weighted by Crippen LogP contribution is 2.43. The Morgan fingerprint density at radius 1 is 1.39 bits per heavy atom. The average Bonchev–Trinajstić information content (AvgIpc) is 3.33. The van der Waals surface area contributed by atoms with Gasteiger partial charge in [0.1, 0.15) is 11.1 Å². The number of hydrogen-bond donors (Lipinski definition) is 2. The predicted molar refractivity (Wildman–Crippen MR) is 119 cm³/mol. The lowest BCUT2D eigenvalue weighted by Gasteiger charge is -2.33. The van der Waals surface area contributed by atoms with E-state index < -0.39 is 18.5 Å². The van der Waals surface area contributed by atoms with E-state index in [-0.39, 0.29) is 5.41 Å². The van der Waals surface area contributed by atoms with Crippen molar-refractivity contribution in [2.75, 3.05) is 11.9 Å². The van der Waals surface area contributed by atoms with Crippen LogP contribution in [0.4, 0.5) is 5.00 Å². The molecule has 2 aromatic heterocycles. The molecule has 0 radical (unpaired) electrons. The second-order valence-electron chi connectivity index (χ2n) is 8.88. The Bertz CT molecular complexity index is 1200. The van der Waals surface area contributed by atoms with Gasteiger partial charge in [-0.15, -0.1) is 11.3 Å². The van der Waals surface area contributed by atoms with Gasteiger partial charge < -0.3 is 15.0 Å². The van der Waals surface area contributed by atoms with Gasteiger partial charge in [-0.3, -0.25) is 4.79 Å². The molecule has 4 rings (SSSR count). The van der Waals surface area contributed by atoms with Crippen LogP contribution >= 0.6 is 11.3 Å². The van der Waals surface area contributed by atoms with Crippen molar-refractivity contribution in [3.8, 4) is 6.07 Å². The zero-order valence-electron chi connectivity index (χ0n) is 17.7. The van der Waals surface area contributed by atoms with Gasteiger partial charge in [-0.2, -0.15) is 5.26 Å². The highest BCUT2D eigenvalue weighted by atomic mass is 32.1. The Morgan fingerprint density at radius 2 is 2.19 bits per heavy atom. The summed E-state index contributed by atoms with van der Waals surface area (Å²) in [5, 5.41) is 13.0. The SMILES string of the molecule is CC(C)(C)C1CCc2c(sc(NC(=O)COC(=O)c3ccc4nc[nH]c4c3)c2C#N)C1. The third-order valence-electron chi connectivity index (χ3n) is 5.85. The maximum absolute atomic E-state index is 12.4. The molecule has 1 aliphatic rings. The lowest BCUT2D eigenvalue weighted by Crippen LogP contribution is -2.26. The monoisotopic (exact) mass is 436 g/mol. The molecule has 31 heavy (non-hydrogen) atoms. The number of thiophene rings is 1. The fourth-order valence-electron chi connectivity index (χ4n) is 3.97. The lowest BCUT2D eigenvalue weighted by atomic mass is 9.72. The number of aromatic nitrogens is 2. The van der Waals surface area contributed by atoms with Gasteiger partial charge >= 0.3 is 5.97 Å². The number of rotatable bonds is 4. The number of amides is 1. The molecule has 0 spiro atoms. The van der Waals surface area contributed by atoms with Crippen molar-refractivity contribution in [2.24, 2.45) is 11.3 Å². The topological polar surface area (TPSA) is 108 Å². The van der Waals surface area contributed by atoms with Crippen LogP contribution in [0.2, 0.25) is 0 Å². The molecule has 0 saturated heterocycles. The van der Waals surface area contributed by atoms with Gasteiger partial charge in [0.15, 0.2) is 6.61 Å². The van der Waals surface area contributed by atoms with E-state index in [9.17, 15) is 14.9 Å². The molecule has 160 valence electrons. The number of H-pyrrole nitrogens is 1. The number of anilines is 1. The third kappa shape index (κ3) is 4.32. The molecule has 2 heterocycles. The van der Waals surface area contributed by atoms with E-state index in [2.05, 4.69) is 42.1 Å². The first-order valence-electron chi connectivity index (χ1n) is 10.2. The van der Waals surface area contributed by atoms with E-state index in [4.69, 9.17) is 4.74 Å². The fourth-order valence-corrected chi connectivity index (χ4v) is 5.27. The average molecular weight is 437 g/mol. The standard InChI is InChI=1S/C23H24N4O3S/c1-23(2,3)14-5-6-15-16(10-24)21(31-19(15)9-14)27-20(28)11-30-22(29)13-4-7-17-18(8-13)26-12-25-17/h4,7-8,12,14H,5-6,9,11H2,1-3H3,(H,25,26)(H,27,28). The molecule has 0 aliphatic heterocycles. The van der Waals surface area contributed by atoms with Gasteiger partial charge in [0.25, 0.3) is 5.91 Å². The van der Waals surface area contributed by atoms with E-state index in [1.165, 1.54) is 16.2 Å². The molecule has 1 amide bonds. The predicted octanol–water partition coefficient (Wildman–Crippen LogP) is 4.44. The van der Waals surface area contributed by atoms with Crippen LogP contribution in [0.3, 0.4) is 0 Å². The summed E-state index contributed by atoms with van der Waals surface area (Å²) in [6, 6.07) is 7.20. The van der Waals surface area contributed by atoms with Crippen molar-refractivity contribution in [1.29, 1.82) is 5.26 Å². The van der Waals surface area contributed by atoms with E-state index in [1.54, 1.807) is 24.5 Å². The van der Waals surface area contributed by atoms with E-state index in [0.29, 0.717) is 22.0 Å². The zero-order chi connectivity index (χ0) is 22.2. The number of nitrogens with one attached hydrogen (secondary N) is 2. The summed E-state index contributed by atoms with van der Waals surface area (Å²) in [5.41, 5.74) is 3.58. The summed E-state index contributed by atoms with van der Waals surface area (Å²) in [6.45, 7) is 6.30. The van der Waals surface area contributed by atoms with Crippen molar-refractivity contribution < 1.29 is 14.3 Å². The fraction of sp³-hybridized carbons (Fsp3) is 0.391. The minimum Gasteiger partial charge on any atom is -0.452 e. The molecule has 1 aromatic carbocycles. The summed E-state index contributed by atoms with van der Waals surface area (Å²) in [4.78, 5) is 32.9. The molecule has 7 nitrogen and oxygen atoms in total. The summed E-state index contributed by atoms with van der Waals surface area (Å²) in [7, 11) is 0. The van der Waals surface area contributed by atoms with Gasteiger partial charge in [0.2, 0.25) is 0 Å². The first kappa shape index (κ1) is 21.1. The largest absolute Gasteiger partial charge is 0.452 e. The summed E-state index contributed by atoms with van der Waals surface area (Å²) in [5.74, 6) is -0.508. The van der Waals surface area contributed by atoms with Crippen LogP contribution in [0.1, 0.15) is 53.6 Å². The second kappa shape index (κ2) is 8.16. The second-order valence-corrected chi connectivity index (χ2v) is 9.99. The number of benzene rings is 1. The van der Waals surface area contributed by atoms with Crippen LogP contribution in [-0.2, 0) is 22.4 Å². The van der Waals surface area contributed by atoms with Crippen LogP contribution in [0.5, 0.6) is 0 Å². The molecular weight excluding hydrogens is 412 g/mol.